The number of hydrogen-bond acceptors (Lipinski definition) is 3. The SMILES string of the molecule is NCC(=O)c1cccc2ccnn12. The summed E-state index contributed by atoms with van der Waals surface area (Å²) in [4.78, 5) is 11.3. The highest BCUT2D eigenvalue weighted by Crippen LogP contribution is 2.06. The lowest BCUT2D eigenvalue weighted by Crippen LogP contribution is -2.17. The van der Waals surface area contributed by atoms with Crippen molar-refractivity contribution in [2.24, 2.45) is 5.73 Å². The molecule has 66 valence electrons. The Kier molecular flexibility index (Phi) is 1.83. The van der Waals surface area contributed by atoms with Gasteiger partial charge in [-0.3, -0.25) is 4.79 Å². The first-order valence-electron chi connectivity index (χ1n) is 3.99. The lowest BCUT2D eigenvalue weighted by molar-refractivity contribution is 0.0994. The summed E-state index contributed by atoms with van der Waals surface area (Å²) in [6, 6.07) is 7.27. The minimum absolute atomic E-state index is 0.0129. The van der Waals surface area contributed by atoms with Gasteiger partial charge in [-0.25, -0.2) is 4.52 Å². The number of hydrogen-bond donors (Lipinski definition) is 1. The molecule has 0 aliphatic carbocycles. The monoisotopic (exact) mass is 175 g/mol. The van der Waals surface area contributed by atoms with Crippen LogP contribution in [0.4, 0.5) is 0 Å². The van der Waals surface area contributed by atoms with E-state index in [2.05, 4.69) is 5.10 Å². The van der Waals surface area contributed by atoms with E-state index in [0.29, 0.717) is 5.69 Å². The van der Waals surface area contributed by atoms with E-state index >= 15 is 0 Å². The number of Topliss-reactive ketones (excluding diaryl/α,β-unsaturated/α-hetero) is 1. The first-order valence-corrected chi connectivity index (χ1v) is 3.99. The number of carbonyl (C=O) groups is 1. The Balaban J connectivity index is 2.67. The first-order chi connectivity index (χ1) is 6.33. The molecule has 0 saturated carbocycles. The van der Waals surface area contributed by atoms with Gasteiger partial charge in [0.15, 0.2) is 5.78 Å². The summed E-state index contributed by atoms with van der Waals surface area (Å²) < 4.78 is 1.59. The van der Waals surface area contributed by atoms with Crippen LogP contribution in [0.5, 0.6) is 0 Å². The van der Waals surface area contributed by atoms with E-state index < -0.39 is 0 Å². The molecular weight excluding hydrogens is 166 g/mol. The van der Waals surface area contributed by atoms with Crippen molar-refractivity contribution in [3.05, 3.63) is 36.2 Å². The van der Waals surface area contributed by atoms with Gasteiger partial charge in [-0.05, 0) is 18.2 Å². The lowest BCUT2D eigenvalue weighted by atomic mass is 10.2. The normalized spacial score (nSPS) is 10.5. The van der Waals surface area contributed by atoms with Crippen LogP contribution in [0.15, 0.2) is 30.5 Å². The molecule has 13 heavy (non-hydrogen) atoms. The van der Waals surface area contributed by atoms with Gasteiger partial charge in [-0.2, -0.15) is 5.10 Å². The second kappa shape index (κ2) is 2.99. The molecule has 0 spiro atoms. The molecule has 4 nitrogen and oxygen atoms in total. The number of rotatable bonds is 2. The van der Waals surface area contributed by atoms with Crippen LogP contribution in [0.25, 0.3) is 5.52 Å². The Labute approximate surface area is 75.0 Å². The maximum atomic E-state index is 11.3. The van der Waals surface area contributed by atoms with Gasteiger partial charge in [0.25, 0.3) is 0 Å². The maximum absolute atomic E-state index is 11.3. The number of nitrogens with zero attached hydrogens (tertiary/aromatic N) is 2. The third kappa shape index (κ3) is 1.21. The molecule has 2 heterocycles. The van der Waals surface area contributed by atoms with E-state index in [9.17, 15) is 4.79 Å². The van der Waals surface area contributed by atoms with Crippen LogP contribution >= 0.6 is 0 Å². The number of aromatic nitrogens is 2. The molecule has 2 aromatic heterocycles. The van der Waals surface area contributed by atoms with Crippen LogP contribution in [-0.4, -0.2) is 21.9 Å². The molecule has 2 aromatic rings. The van der Waals surface area contributed by atoms with Crippen LogP contribution < -0.4 is 5.73 Å². The van der Waals surface area contributed by atoms with Gasteiger partial charge < -0.3 is 5.73 Å². The molecule has 2 rings (SSSR count). The molecule has 2 N–H and O–H groups in total. The Morgan fingerprint density at radius 3 is 3.08 bits per heavy atom. The summed E-state index contributed by atoms with van der Waals surface area (Å²) in [5.41, 5.74) is 6.71. The molecular formula is C9H9N3O. The number of ketones is 1. The second-order valence-electron chi connectivity index (χ2n) is 2.71. The van der Waals surface area contributed by atoms with Crippen molar-refractivity contribution in [1.82, 2.24) is 9.61 Å². The molecule has 0 fully saturated rings. The summed E-state index contributed by atoms with van der Waals surface area (Å²) in [6.07, 6.45) is 1.66. The fourth-order valence-corrected chi connectivity index (χ4v) is 1.27. The Morgan fingerprint density at radius 2 is 2.31 bits per heavy atom. The average molecular weight is 175 g/mol. The zero-order valence-corrected chi connectivity index (χ0v) is 6.97. The predicted octanol–water partition coefficient (Wildman–Crippen LogP) is 0.476. The topological polar surface area (TPSA) is 60.4 Å². The third-order valence-corrected chi connectivity index (χ3v) is 1.89. The van der Waals surface area contributed by atoms with Crippen molar-refractivity contribution in [2.75, 3.05) is 6.54 Å². The summed E-state index contributed by atoms with van der Waals surface area (Å²) in [6.45, 7) is 0.0129. The Bertz CT molecular complexity index is 447. The van der Waals surface area contributed by atoms with E-state index in [0.717, 1.165) is 5.52 Å². The number of nitrogens with two attached hydrogens (primary N) is 1. The van der Waals surface area contributed by atoms with Crippen molar-refractivity contribution < 1.29 is 4.79 Å². The molecule has 0 atom stereocenters. The molecule has 0 aromatic carbocycles. The van der Waals surface area contributed by atoms with Crippen molar-refractivity contribution in [3.8, 4) is 0 Å². The van der Waals surface area contributed by atoms with Crippen molar-refractivity contribution in [1.29, 1.82) is 0 Å². The standard InChI is InChI=1S/C9H9N3O/c10-6-9(13)8-3-1-2-7-4-5-11-12(7)8/h1-5H,6,10H2. The van der Waals surface area contributed by atoms with Gasteiger partial charge in [0.05, 0.1) is 18.3 Å². The Morgan fingerprint density at radius 1 is 1.46 bits per heavy atom. The average Bonchev–Trinajstić information content (AvgIpc) is 2.63. The van der Waals surface area contributed by atoms with Crippen LogP contribution in [-0.2, 0) is 0 Å². The molecule has 0 saturated heterocycles. The molecule has 0 aliphatic heterocycles. The third-order valence-electron chi connectivity index (χ3n) is 1.89. The van der Waals surface area contributed by atoms with Gasteiger partial charge in [0.1, 0.15) is 5.69 Å². The van der Waals surface area contributed by atoms with E-state index in [1.54, 1.807) is 16.8 Å². The minimum Gasteiger partial charge on any atom is -0.324 e. The fourth-order valence-electron chi connectivity index (χ4n) is 1.27. The number of carbonyl (C=O) groups excluding carboxylic acids is 1. The van der Waals surface area contributed by atoms with E-state index in [1.165, 1.54) is 0 Å². The molecule has 0 aliphatic rings. The molecule has 0 amide bonds. The maximum Gasteiger partial charge on any atom is 0.194 e. The largest absolute Gasteiger partial charge is 0.324 e. The zero-order chi connectivity index (χ0) is 9.26. The molecule has 0 unspecified atom stereocenters. The second-order valence-corrected chi connectivity index (χ2v) is 2.71. The van der Waals surface area contributed by atoms with Crippen molar-refractivity contribution in [3.63, 3.8) is 0 Å². The van der Waals surface area contributed by atoms with Crippen LogP contribution in [0.3, 0.4) is 0 Å². The van der Waals surface area contributed by atoms with Crippen molar-refractivity contribution in [2.45, 2.75) is 0 Å². The van der Waals surface area contributed by atoms with Gasteiger partial charge in [0, 0.05) is 0 Å². The molecule has 0 radical (unpaired) electrons. The van der Waals surface area contributed by atoms with Crippen LogP contribution in [0.2, 0.25) is 0 Å². The van der Waals surface area contributed by atoms with Crippen LogP contribution in [0.1, 0.15) is 10.5 Å². The minimum atomic E-state index is -0.102. The highest BCUT2D eigenvalue weighted by Gasteiger charge is 2.07. The predicted molar refractivity (Wildman–Crippen MR) is 48.6 cm³/mol. The van der Waals surface area contributed by atoms with E-state index in [4.69, 9.17) is 5.73 Å². The Hall–Kier alpha value is -1.68. The quantitative estimate of drug-likeness (QED) is 0.675. The highest BCUT2D eigenvalue weighted by atomic mass is 16.1. The summed E-state index contributed by atoms with van der Waals surface area (Å²) in [5, 5.41) is 4.03. The van der Waals surface area contributed by atoms with Crippen LogP contribution in [0, 0.1) is 0 Å². The van der Waals surface area contributed by atoms with E-state index in [-0.39, 0.29) is 12.3 Å². The van der Waals surface area contributed by atoms with Gasteiger partial charge in [-0.15, -0.1) is 0 Å². The zero-order valence-electron chi connectivity index (χ0n) is 6.97. The van der Waals surface area contributed by atoms with Gasteiger partial charge in [-0.1, -0.05) is 6.07 Å². The smallest absolute Gasteiger partial charge is 0.194 e. The number of pyridine rings is 1. The number of fused-ring (bicyclic) bond motifs is 1. The first kappa shape index (κ1) is 7.94. The summed E-state index contributed by atoms with van der Waals surface area (Å²) >= 11 is 0. The van der Waals surface area contributed by atoms with E-state index in [1.807, 2.05) is 18.2 Å². The fraction of sp³-hybridized carbons (Fsp3) is 0.111. The highest BCUT2D eigenvalue weighted by molar-refractivity contribution is 5.96. The molecule has 0 bridgehead atoms. The lowest BCUT2D eigenvalue weighted by Gasteiger charge is -2.00. The molecule has 4 heteroatoms. The summed E-state index contributed by atoms with van der Waals surface area (Å²) in [7, 11) is 0. The van der Waals surface area contributed by atoms with Crippen molar-refractivity contribution >= 4 is 11.3 Å². The summed E-state index contributed by atoms with van der Waals surface area (Å²) in [5.74, 6) is -0.102. The van der Waals surface area contributed by atoms with Gasteiger partial charge >= 0.3 is 0 Å². The van der Waals surface area contributed by atoms with Gasteiger partial charge in [0.2, 0.25) is 0 Å².